The molecule has 0 aromatic heterocycles. The maximum atomic E-state index is 13.6. The molecule has 0 unspecified atom stereocenters. The fraction of sp³-hybridized carbons (Fsp3) is 0.0667. The molecule has 2 aromatic rings. The van der Waals surface area contributed by atoms with Crippen molar-refractivity contribution in [1.82, 2.24) is 0 Å². The van der Waals surface area contributed by atoms with Crippen LogP contribution in [0.3, 0.4) is 0 Å². The van der Waals surface area contributed by atoms with Crippen molar-refractivity contribution in [2.45, 2.75) is 6.92 Å². The van der Waals surface area contributed by atoms with Gasteiger partial charge in [0.05, 0.1) is 17.2 Å². The van der Waals surface area contributed by atoms with Crippen LogP contribution < -0.4 is 4.74 Å². The van der Waals surface area contributed by atoms with E-state index in [1.54, 1.807) is 13.0 Å². The van der Waals surface area contributed by atoms with Gasteiger partial charge in [0.15, 0.2) is 0 Å². The normalized spacial score (nSPS) is 9.74. The van der Waals surface area contributed by atoms with Gasteiger partial charge in [0, 0.05) is 0 Å². The summed E-state index contributed by atoms with van der Waals surface area (Å²) >= 11 is 0. The number of nitriles is 1. The maximum Gasteiger partial charge on any atom is 0.346 e. The summed E-state index contributed by atoms with van der Waals surface area (Å²) in [6.45, 7) is 1.73. The van der Waals surface area contributed by atoms with Crippen LogP contribution in [0.4, 0.5) is 4.39 Å². The molecule has 0 bridgehead atoms. The third-order valence-electron chi connectivity index (χ3n) is 2.54. The van der Waals surface area contributed by atoms with Crippen molar-refractivity contribution < 1.29 is 13.9 Å². The zero-order valence-electron chi connectivity index (χ0n) is 10.2. The van der Waals surface area contributed by atoms with Gasteiger partial charge in [-0.25, -0.2) is 9.18 Å². The van der Waals surface area contributed by atoms with Crippen molar-refractivity contribution in [2.75, 3.05) is 0 Å². The fourth-order valence-corrected chi connectivity index (χ4v) is 1.55. The minimum absolute atomic E-state index is 0.116. The van der Waals surface area contributed by atoms with E-state index in [9.17, 15) is 9.18 Å². The molecule has 2 aromatic carbocycles. The van der Waals surface area contributed by atoms with E-state index in [4.69, 9.17) is 10.00 Å². The molecule has 0 radical (unpaired) electrons. The minimum atomic E-state index is -0.762. The monoisotopic (exact) mass is 255 g/mol. The molecule has 0 N–H and O–H groups in total. The van der Waals surface area contributed by atoms with Gasteiger partial charge in [0.1, 0.15) is 11.6 Å². The summed E-state index contributed by atoms with van der Waals surface area (Å²) in [5, 5.41) is 8.64. The molecule has 0 saturated carbocycles. The Morgan fingerprint density at radius 2 is 1.89 bits per heavy atom. The number of aryl methyl sites for hydroxylation is 1. The van der Waals surface area contributed by atoms with E-state index in [1.807, 2.05) is 6.07 Å². The van der Waals surface area contributed by atoms with Gasteiger partial charge in [-0.3, -0.25) is 0 Å². The Hall–Kier alpha value is -2.67. The van der Waals surface area contributed by atoms with Crippen LogP contribution in [0.25, 0.3) is 0 Å². The average Bonchev–Trinajstić information content (AvgIpc) is 2.39. The number of rotatable bonds is 2. The highest BCUT2D eigenvalue weighted by atomic mass is 19.1. The van der Waals surface area contributed by atoms with Crippen LogP contribution >= 0.6 is 0 Å². The van der Waals surface area contributed by atoms with Gasteiger partial charge in [0.25, 0.3) is 0 Å². The first-order valence-corrected chi connectivity index (χ1v) is 5.58. The van der Waals surface area contributed by atoms with Gasteiger partial charge >= 0.3 is 5.97 Å². The second-order valence-corrected chi connectivity index (χ2v) is 4.01. The smallest absolute Gasteiger partial charge is 0.346 e. The predicted octanol–water partition coefficient (Wildman–Crippen LogP) is 3.23. The molecule has 0 fully saturated rings. The predicted molar refractivity (Wildman–Crippen MR) is 67.3 cm³/mol. The van der Waals surface area contributed by atoms with E-state index in [0.717, 1.165) is 5.56 Å². The number of nitrogens with zero attached hydrogens (tertiary/aromatic N) is 1. The van der Waals surface area contributed by atoms with Crippen molar-refractivity contribution in [3.8, 4) is 11.8 Å². The standard InChI is InChI=1S/C15H10FNO2/c1-10-2-7-13(14(16)8-10)15(18)19-12-5-3-11(9-17)4-6-12/h2-8H,1H3. The molecule has 94 valence electrons. The Morgan fingerprint density at radius 3 is 2.47 bits per heavy atom. The third kappa shape index (κ3) is 2.96. The molecular formula is C15H10FNO2. The number of benzene rings is 2. The molecule has 0 spiro atoms. The van der Waals surface area contributed by atoms with E-state index in [1.165, 1.54) is 36.4 Å². The van der Waals surface area contributed by atoms with Gasteiger partial charge < -0.3 is 4.74 Å². The molecule has 19 heavy (non-hydrogen) atoms. The van der Waals surface area contributed by atoms with Crippen molar-refractivity contribution in [3.05, 3.63) is 65.0 Å². The van der Waals surface area contributed by atoms with Crippen molar-refractivity contribution >= 4 is 5.97 Å². The number of hydrogen-bond donors (Lipinski definition) is 0. The van der Waals surface area contributed by atoms with E-state index in [0.29, 0.717) is 5.56 Å². The topological polar surface area (TPSA) is 50.1 Å². The lowest BCUT2D eigenvalue weighted by atomic mass is 10.1. The van der Waals surface area contributed by atoms with Crippen LogP contribution in [0, 0.1) is 24.1 Å². The lowest BCUT2D eigenvalue weighted by molar-refractivity contribution is 0.0730. The number of ether oxygens (including phenoxy) is 1. The molecule has 0 heterocycles. The largest absolute Gasteiger partial charge is 0.423 e. The first-order chi connectivity index (χ1) is 9.10. The summed E-state index contributed by atoms with van der Waals surface area (Å²) in [5.41, 5.74) is 1.07. The number of carbonyl (C=O) groups is 1. The Morgan fingerprint density at radius 1 is 1.21 bits per heavy atom. The van der Waals surface area contributed by atoms with Gasteiger partial charge in [0.2, 0.25) is 0 Å². The summed E-state index contributed by atoms with van der Waals surface area (Å²) in [7, 11) is 0. The van der Waals surface area contributed by atoms with Crippen LogP contribution in [0.15, 0.2) is 42.5 Å². The summed E-state index contributed by atoms with van der Waals surface area (Å²) < 4.78 is 18.6. The zero-order valence-corrected chi connectivity index (χ0v) is 10.2. The van der Waals surface area contributed by atoms with Crippen LogP contribution in [-0.2, 0) is 0 Å². The second kappa shape index (κ2) is 5.32. The van der Waals surface area contributed by atoms with Crippen LogP contribution in [-0.4, -0.2) is 5.97 Å². The van der Waals surface area contributed by atoms with Crippen molar-refractivity contribution in [1.29, 1.82) is 5.26 Å². The number of halogens is 1. The van der Waals surface area contributed by atoms with E-state index < -0.39 is 11.8 Å². The summed E-state index contributed by atoms with van der Waals surface area (Å²) in [5.74, 6) is -1.11. The second-order valence-electron chi connectivity index (χ2n) is 4.01. The molecule has 3 nitrogen and oxygen atoms in total. The van der Waals surface area contributed by atoms with Crippen LogP contribution in [0.2, 0.25) is 0 Å². The molecule has 0 amide bonds. The summed E-state index contributed by atoms with van der Waals surface area (Å²) in [6.07, 6.45) is 0. The SMILES string of the molecule is Cc1ccc(C(=O)Oc2ccc(C#N)cc2)c(F)c1. The lowest BCUT2D eigenvalue weighted by Crippen LogP contribution is -2.10. The first-order valence-electron chi connectivity index (χ1n) is 5.58. The van der Waals surface area contributed by atoms with Gasteiger partial charge in [-0.1, -0.05) is 6.07 Å². The average molecular weight is 255 g/mol. The van der Waals surface area contributed by atoms with Gasteiger partial charge in [-0.2, -0.15) is 5.26 Å². The van der Waals surface area contributed by atoms with E-state index >= 15 is 0 Å². The molecule has 2 rings (SSSR count). The van der Waals surface area contributed by atoms with Crippen LogP contribution in [0.5, 0.6) is 5.75 Å². The maximum absolute atomic E-state index is 13.6. The van der Waals surface area contributed by atoms with Crippen molar-refractivity contribution in [2.24, 2.45) is 0 Å². The summed E-state index contributed by atoms with van der Waals surface area (Å²) in [6, 6.07) is 12.3. The fourth-order valence-electron chi connectivity index (χ4n) is 1.55. The quantitative estimate of drug-likeness (QED) is 0.611. The number of hydrogen-bond acceptors (Lipinski definition) is 3. The third-order valence-corrected chi connectivity index (χ3v) is 2.54. The molecule has 0 aliphatic heterocycles. The molecule has 4 heteroatoms. The van der Waals surface area contributed by atoms with Crippen molar-refractivity contribution in [3.63, 3.8) is 0 Å². The summed E-state index contributed by atoms with van der Waals surface area (Å²) in [4.78, 5) is 11.8. The minimum Gasteiger partial charge on any atom is -0.423 e. The number of carbonyl (C=O) groups excluding carboxylic acids is 1. The van der Waals surface area contributed by atoms with E-state index in [-0.39, 0.29) is 11.3 Å². The molecule has 0 aliphatic rings. The Kier molecular flexibility index (Phi) is 3.58. The molecule has 0 saturated heterocycles. The highest BCUT2D eigenvalue weighted by Crippen LogP contribution is 2.16. The highest BCUT2D eigenvalue weighted by molar-refractivity contribution is 5.91. The highest BCUT2D eigenvalue weighted by Gasteiger charge is 2.13. The van der Waals surface area contributed by atoms with Crippen LogP contribution in [0.1, 0.15) is 21.5 Å². The van der Waals surface area contributed by atoms with Gasteiger partial charge in [-0.05, 0) is 48.9 Å². The molecule has 0 atom stereocenters. The first kappa shape index (κ1) is 12.8. The molecular weight excluding hydrogens is 245 g/mol. The Labute approximate surface area is 109 Å². The number of esters is 1. The Bertz CT molecular complexity index is 657. The molecule has 0 aliphatic carbocycles. The van der Waals surface area contributed by atoms with E-state index in [2.05, 4.69) is 0 Å². The zero-order chi connectivity index (χ0) is 13.8. The van der Waals surface area contributed by atoms with Gasteiger partial charge in [-0.15, -0.1) is 0 Å². The Balaban J connectivity index is 2.18. The lowest BCUT2D eigenvalue weighted by Gasteiger charge is -2.05.